The lowest BCUT2D eigenvalue weighted by atomic mass is 10.2. The third-order valence-electron chi connectivity index (χ3n) is 3.28. The number of carbonyl (C=O) groups is 3. The molecule has 1 aromatic carbocycles. The number of hydrogen-bond acceptors (Lipinski definition) is 5. The van der Waals surface area contributed by atoms with Crippen LogP contribution in [0.3, 0.4) is 0 Å². The molecule has 1 aliphatic rings. The van der Waals surface area contributed by atoms with Gasteiger partial charge in [0.25, 0.3) is 5.91 Å². The van der Waals surface area contributed by atoms with Crippen molar-refractivity contribution in [1.82, 2.24) is 10.4 Å². The van der Waals surface area contributed by atoms with Crippen LogP contribution in [0.1, 0.15) is 27.2 Å². The predicted octanol–water partition coefficient (Wildman–Crippen LogP) is 2.04. The van der Waals surface area contributed by atoms with Crippen LogP contribution in [0.25, 0.3) is 0 Å². The molecule has 0 bridgehead atoms. The number of rotatable bonds is 4. The van der Waals surface area contributed by atoms with Crippen LogP contribution in [0.2, 0.25) is 0 Å². The molecule has 1 unspecified atom stereocenters. The summed E-state index contributed by atoms with van der Waals surface area (Å²) < 4.78 is 18.2. The van der Waals surface area contributed by atoms with Gasteiger partial charge in [0.15, 0.2) is 0 Å². The van der Waals surface area contributed by atoms with E-state index in [1.54, 1.807) is 20.8 Å². The van der Waals surface area contributed by atoms with Gasteiger partial charge >= 0.3 is 12.1 Å². The molecule has 8 nitrogen and oxygen atoms in total. The topological polar surface area (TPSA) is 99.2 Å². The number of halogens is 1. The number of carboxylic acids is 1. The van der Waals surface area contributed by atoms with E-state index < -0.39 is 41.9 Å². The fourth-order valence-corrected chi connectivity index (χ4v) is 2.66. The standard InChI is InChI=1S/C16H18FN3O5S/c1-16(2,3)25-14(24)18-20-11(8-12(21)22)13(23)19(15(20)26)10-6-4-9(17)5-7-10/h4-7,11H,8H2,1-3H3,(H,18,24)(H,21,22). The summed E-state index contributed by atoms with van der Waals surface area (Å²) in [7, 11) is 0. The van der Waals surface area contributed by atoms with Gasteiger partial charge in [0.05, 0.1) is 12.1 Å². The van der Waals surface area contributed by atoms with Crippen LogP contribution in [-0.4, -0.2) is 44.8 Å². The molecule has 0 radical (unpaired) electrons. The van der Waals surface area contributed by atoms with Gasteiger partial charge in [-0.3, -0.25) is 14.5 Å². The third-order valence-corrected chi connectivity index (χ3v) is 3.66. The summed E-state index contributed by atoms with van der Waals surface area (Å²) in [5.41, 5.74) is 1.77. The summed E-state index contributed by atoms with van der Waals surface area (Å²) in [6.07, 6.45) is -1.48. The van der Waals surface area contributed by atoms with Gasteiger partial charge in [-0.25, -0.2) is 19.6 Å². The maximum Gasteiger partial charge on any atom is 0.426 e. The summed E-state index contributed by atoms with van der Waals surface area (Å²) in [5.74, 6) is -2.40. The summed E-state index contributed by atoms with van der Waals surface area (Å²) in [5, 5.41) is 9.91. The molecule has 2 amide bonds. The lowest BCUT2D eigenvalue weighted by Gasteiger charge is -2.26. The predicted molar refractivity (Wildman–Crippen MR) is 93.7 cm³/mol. The van der Waals surface area contributed by atoms with Crippen LogP contribution in [0.15, 0.2) is 24.3 Å². The Labute approximate surface area is 154 Å². The second-order valence-electron chi connectivity index (χ2n) is 6.53. The van der Waals surface area contributed by atoms with Crippen LogP contribution >= 0.6 is 12.2 Å². The smallest absolute Gasteiger partial charge is 0.426 e. The first-order valence-electron chi connectivity index (χ1n) is 7.64. The zero-order valence-corrected chi connectivity index (χ0v) is 15.2. The van der Waals surface area contributed by atoms with Gasteiger partial charge in [0.2, 0.25) is 5.11 Å². The molecule has 140 valence electrons. The van der Waals surface area contributed by atoms with Crippen molar-refractivity contribution in [2.75, 3.05) is 4.90 Å². The molecular formula is C16H18FN3O5S. The zero-order chi connectivity index (χ0) is 19.6. The SMILES string of the molecule is CC(C)(C)OC(=O)NN1C(=S)N(c2ccc(F)cc2)C(=O)C1CC(=O)O. The monoisotopic (exact) mass is 383 g/mol. The van der Waals surface area contributed by atoms with Crippen molar-refractivity contribution in [2.24, 2.45) is 0 Å². The molecule has 10 heteroatoms. The Morgan fingerprint density at radius 3 is 2.38 bits per heavy atom. The largest absolute Gasteiger partial charge is 0.481 e. The van der Waals surface area contributed by atoms with Crippen molar-refractivity contribution in [1.29, 1.82) is 0 Å². The van der Waals surface area contributed by atoms with Crippen molar-refractivity contribution in [3.63, 3.8) is 0 Å². The average Bonchev–Trinajstić information content (AvgIpc) is 2.70. The van der Waals surface area contributed by atoms with E-state index >= 15 is 0 Å². The Kier molecular flexibility index (Phi) is 5.45. The van der Waals surface area contributed by atoms with Crippen molar-refractivity contribution in [3.05, 3.63) is 30.1 Å². The van der Waals surface area contributed by atoms with Gasteiger partial charge in [-0.1, -0.05) is 0 Å². The third kappa shape index (κ3) is 4.45. The van der Waals surface area contributed by atoms with E-state index in [-0.39, 0.29) is 10.8 Å². The van der Waals surface area contributed by atoms with Crippen molar-refractivity contribution >= 4 is 41.0 Å². The highest BCUT2D eigenvalue weighted by atomic mass is 32.1. The number of carbonyl (C=O) groups excluding carboxylic acids is 2. The van der Waals surface area contributed by atoms with Crippen LogP contribution in [0.4, 0.5) is 14.9 Å². The van der Waals surface area contributed by atoms with Crippen molar-refractivity contribution in [3.8, 4) is 0 Å². The minimum atomic E-state index is -1.25. The van der Waals surface area contributed by atoms with E-state index in [4.69, 9.17) is 22.1 Å². The van der Waals surface area contributed by atoms with E-state index in [0.29, 0.717) is 0 Å². The minimum absolute atomic E-state index is 0.140. The van der Waals surface area contributed by atoms with E-state index in [0.717, 1.165) is 22.0 Å². The molecule has 1 fully saturated rings. The Morgan fingerprint density at radius 2 is 1.88 bits per heavy atom. The van der Waals surface area contributed by atoms with Crippen LogP contribution in [0, 0.1) is 5.82 Å². The van der Waals surface area contributed by atoms with E-state index in [1.807, 2.05) is 0 Å². The number of aliphatic carboxylic acids is 1. The van der Waals surface area contributed by atoms with Gasteiger partial charge in [0, 0.05) is 0 Å². The fraction of sp³-hybridized carbons (Fsp3) is 0.375. The first kappa shape index (κ1) is 19.6. The van der Waals surface area contributed by atoms with Gasteiger partial charge in [-0.2, -0.15) is 0 Å². The number of carboxylic acid groups (broad SMARTS) is 1. The molecular weight excluding hydrogens is 365 g/mol. The van der Waals surface area contributed by atoms with Gasteiger partial charge in [0.1, 0.15) is 17.5 Å². The quantitative estimate of drug-likeness (QED) is 0.768. The Hall–Kier alpha value is -2.75. The van der Waals surface area contributed by atoms with Gasteiger partial charge in [-0.05, 0) is 57.3 Å². The van der Waals surface area contributed by atoms with E-state index in [1.165, 1.54) is 12.1 Å². The molecule has 1 saturated heterocycles. The number of amides is 2. The number of hydrazine groups is 1. The lowest BCUT2D eigenvalue weighted by molar-refractivity contribution is -0.140. The van der Waals surface area contributed by atoms with Crippen molar-refractivity contribution < 1.29 is 28.6 Å². The number of benzene rings is 1. The summed E-state index contributed by atoms with van der Waals surface area (Å²) in [6.45, 7) is 4.96. The minimum Gasteiger partial charge on any atom is -0.481 e. The number of ether oxygens (including phenoxy) is 1. The average molecular weight is 383 g/mol. The first-order chi connectivity index (χ1) is 12.0. The van der Waals surface area contributed by atoms with Crippen LogP contribution in [-0.2, 0) is 14.3 Å². The molecule has 1 heterocycles. The molecule has 2 N–H and O–H groups in total. The second kappa shape index (κ2) is 7.24. The molecule has 0 aromatic heterocycles. The first-order valence-corrected chi connectivity index (χ1v) is 8.04. The molecule has 1 aliphatic heterocycles. The number of hydrogen-bond donors (Lipinski definition) is 2. The summed E-state index contributed by atoms with van der Waals surface area (Å²) >= 11 is 5.22. The van der Waals surface area contributed by atoms with Crippen LogP contribution in [0.5, 0.6) is 0 Å². The Bertz CT molecular complexity index is 747. The maximum absolute atomic E-state index is 13.1. The Balaban J connectivity index is 2.30. The van der Waals surface area contributed by atoms with E-state index in [2.05, 4.69) is 5.43 Å². The van der Waals surface area contributed by atoms with Gasteiger partial charge in [-0.15, -0.1) is 0 Å². The molecule has 26 heavy (non-hydrogen) atoms. The van der Waals surface area contributed by atoms with Crippen molar-refractivity contribution in [2.45, 2.75) is 38.8 Å². The molecule has 0 aliphatic carbocycles. The number of anilines is 1. The second-order valence-corrected chi connectivity index (χ2v) is 6.90. The lowest BCUT2D eigenvalue weighted by Crippen LogP contribution is -2.50. The highest BCUT2D eigenvalue weighted by Gasteiger charge is 2.45. The molecule has 0 saturated carbocycles. The van der Waals surface area contributed by atoms with Gasteiger partial charge < -0.3 is 9.84 Å². The summed E-state index contributed by atoms with van der Waals surface area (Å²) in [4.78, 5) is 36.8. The number of nitrogens with one attached hydrogen (secondary N) is 1. The molecule has 1 aromatic rings. The summed E-state index contributed by atoms with van der Waals surface area (Å²) in [6, 6.07) is 3.68. The highest BCUT2D eigenvalue weighted by Crippen LogP contribution is 2.26. The highest BCUT2D eigenvalue weighted by molar-refractivity contribution is 7.80. The molecule has 0 spiro atoms. The van der Waals surface area contributed by atoms with Crippen LogP contribution < -0.4 is 10.3 Å². The van der Waals surface area contributed by atoms with E-state index in [9.17, 15) is 18.8 Å². The number of nitrogens with zero attached hydrogens (tertiary/aromatic N) is 2. The zero-order valence-electron chi connectivity index (χ0n) is 14.4. The molecule has 2 rings (SSSR count). The normalized spacial score (nSPS) is 17.5. The fourth-order valence-electron chi connectivity index (χ4n) is 2.29. The Morgan fingerprint density at radius 1 is 1.31 bits per heavy atom. The molecule has 1 atom stereocenters. The maximum atomic E-state index is 13.1. The number of thiocarbonyl (C=S) groups is 1.